The number of ether oxygens (including phenoxy) is 1. The van der Waals surface area contributed by atoms with Crippen molar-refractivity contribution in [3.8, 4) is 5.75 Å². The van der Waals surface area contributed by atoms with E-state index in [9.17, 15) is 0 Å². The zero-order chi connectivity index (χ0) is 15.0. The molecule has 112 valence electrons. The fourth-order valence-electron chi connectivity index (χ4n) is 2.73. The molecule has 0 amide bonds. The van der Waals surface area contributed by atoms with Crippen LogP contribution in [0.15, 0.2) is 22.7 Å². The molecule has 1 aromatic heterocycles. The van der Waals surface area contributed by atoms with Gasteiger partial charge in [-0.05, 0) is 81.5 Å². The average Bonchev–Trinajstić information content (AvgIpc) is 2.80. The summed E-state index contributed by atoms with van der Waals surface area (Å²) in [7, 11) is 1.68. The van der Waals surface area contributed by atoms with Gasteiger partial charge in [-0.25, -0.2) is 0 Å². The molecule has 0 bridgehead atoms. The monoisotopic (exact) mass is 497 g/mol. The maximum Gasteiger partial charge on any atom is 0.156 e. The lowest BCUT2D eigenvalue weighted by Gasteiger charge is -2.26. The molecular formula is C15H14BrClINOS. The van der Waals surface area contributed by atoms with Crippen LogP contribution < -0.4 is 10.1 Å². The van der Waals surface area contributed by atoms with E-state index in [1.165, 1.54) is 26.2 Å². The van der Waals surface area contributed by atoms with Crippen LogP contribution in [-0.2, 0) is 6.42 Å². The molecule has 0 aliphatic heterocycles. The van der Waals surface area contributed by atoms with Crippen molar-refractivity contribution >= 4 is 67.1 Å². The summed E-state index contributed by atoms with van der Waals surface area (Å²) < 4.78 is 7.72. The zero-order valence-corrected chi connectivity index (χ0v) is 16.7. The number of fused-ring (bicyclic) bond motifs is 1. The summed E-state index contributed by atoms with van der Waals surface area (Å²) in [5.41, 5.74) is 2.37. The standard InChI is InChI=1S/C15H14BrClINOS/c1-20-15-10(16)5-8(17)6-12(15)19-11-3-2-4-13-9(11)7-14(18)21-13/h5-7,11,19H,2-4H2,1H3. The highest BCUT2D eigenvalue weighted by Crippen LogP contribution is 2.42. The topological polar surface area (TPSA) is 21.3 Å². The SMILES string of the molecule is COc1c(Br)cc(Cl)cc1NC1CCCc2sc(I)cc21. The third-order valence-electron chi connectivity index (χ3n) is 3.63. The predicted octanol–water partition coefficient (Wildman–Crippen LogP) is 6.27. The predicted molar refractivity (Wildman–Crippen MR) is 102 cm³/mol. The maximum atomic E-state index is 6.18. The molecule has 2 aromatic rings. The third-order valence-corrected chi connectivity index (χ3v) is 6.40. The van der Waals surface area contributed by atoms with Crippen LogP contribution >= 0.6 is 61.5 Å². The molecule has 2 nitrogen and oxygen atoms in total. The molecule has 1 heterocycles. The van der Waals surface area contributed by atoms with Crippen LogP contribution in [0.2, 0.25) is 5.02 Å². The minimum atomic E-state index is 0.327. The van der Waals surface area contributed by atoms with E-state index < -0.39 is 0 Å². The van der Waals surface area contributed by atoms with E-state index in [1.807, 2.05) is 23.5 Å². The summed E-state index contributed by atoms with van der Waals surface area (Å²) in [6.07, 6.45) is 3.54. The highest BCUT2D eigenvalue weighted by atomic mass is 127. The van der Waals surface area contributed by atoms with Gasteiger partial charge in [0.2, 0.25) is 0 Å². The van der Waals surface area contributed by atoms with E-state index in [4.69, 9.17) is 16.3 Å². The van der Waals surface area contributed by atoms with Crippen molar-refractivity contribution in [2.24, 2.45) is 0 Å². The van der Waals surface area contributed by atoms with E-state index in [0.29, 0.717) is 11.1 Å². The van der Waals surface area contributed by atoms with Crippen LogP contribution in [0.1, 0.15) is 29.3 Å². The van der Waals surface area contributed by atoms with Gasteiger partial charge in [0.05, 0.1) is 26.2 Å². The summed E-state index contributed by atoms with van der Waals surface area (Å²) in [6.45, 7) is 0. The number of anilines is 1. The molecule has 0 spiro atoms. The van der Waals surface area contributed by atoms with E-state index >= 15 is 0 Å². The van der Waals surface area contributed by atoms with Gasteiger partial charge >= 0.3 is 0 Å². The molecule has 1 atom stereocenters. The number of halogens is 3. The lowest BCUT2D eigenvalue weighted by atomic mass is 9.94. The molecule has 0 saturated carbocycles. The van der Waals surface area contributed by atoms with Gasteiger partial charge in [-0.1, -0.05) is 11.6 Å². The number of hydrogen-bond acceptors (Lipinski definition) is 3. The number of methoxy groups -OCH3 is 1. The maximum absolute atomic E-state index is 6.18. The summed E-state index contributed by atoms with van der Waals surface area (Å²) in [4.78, 5) is 1.50. The zero-order valence-electron chi connectivity index (χ0n) is 11.4. The Kier molecular flexibility index (Phi) is 5.03. The van der Waals surface area contributed by atoms with Crippen molar-refractivity contribution in [1.82, 2.24) is 0 Å². The van der Waals surface area contributed by atoms with E-state index in [-0.39, 0.29) is 0 Å². The van der Waals surface area contributed by atoms with Crippen LogP contribution in [0.5, 0.6) is 5.75 Å². The van der Waals surface area contributed by atoms with E-state index in [0.717, 1.165) is 22.3 Å². The van der Waals surface area contributed by atoms with Crippen molar-refractivity contribution in [3.05, 3.63) is 41.0 Å². The summed E-state index contributed by atoms with van der Waals surface area (Å²) in [6, 6.07) is 6.40. The third kappa shape index (κ3) is 3.35. The second-order valence-electron chi connectivity index (χ2n) is 4.99. The summed E-state index contributed by atoms with van der Waals surface area (Å²) >= 11 is 14.0. The first kappa shape index (κ1) is 15.9. The Hall–Kier alpha value is 0.0200. The first-order valence-corrected chi connectivity index (χ1v) is 9.72. The quantitative estimate of drug-likeness (QED) is 0.504. The van der Waals surface area contributed by atoms with Crippen molar-refractivity contribution in [2.75, 3.05) is 12.4 Å². The Morgan fingerprint density at radius 3 is 3.00 bits per heavy atom. The molecule has 0 saturated heterocycles. The van der Waals surface area contributed by atoms with Gasteiger partial charge in [-0.3, -0.25) is 0 Å². The molecule has 6 heteroatoms. The van der Waals surface area contributed by atoms with Crippen molar-refractivity contribution in [1.29, 1.82) is 0 Å². The first-order valence-electron chi connectivity index (χ1n) is 6.66. The van der Waals surface area contributed by atoms with Gasteiger partial charge in [0.1, 0.15) is 0 Å². The number of thiophene rings is 1. The van der Waals surface area contributed by atoms with Gasteiger partial charge in [0.15, 0.2) is 5.75 Å². The van der Waals surface area contributed by atoms with Crippen LogP contribution in [0.4, 0.5) is 5.69 Å². The number of hydrogen-bond donors (Lipinski definition) is 1. The van der Waals surface area contributed by atoms with Crippen LogP contribution in [0.3, 0.4) is 0 Å². The van der Waals surface area contributed by atoms with Crippen LogP contribution in [0, 0.1) is 2.88 Å². The molecule has 1 aliphatic carbocycles. The fraction of sp³-hybridized carbons (Fsp3) is 0.333. The molecule has 1 aromatic carbocycles. The largest absolute Gasteiger partial charge is 0.493 e. The van der Waals surface area contributed by atoms with Crippen molar-refractivity contribution in [3.63, 3.8) is 0 Å². The van der Waals surface area contributed by atoms with Crippen LogP contribution in [0.25, 0.3) is 0 Å². The lowest BCUT2D eigenvalue weighted by molar-refractivity contribution is 0.413. The lowest BCUT2D eigenvalue weighted by Crippen LogP contribution is -2.16. The molecule has 3 rings (SSSR count). The summed E-state index contributed by atoms with van der Waals surface area (Å²) in [5, 5.41) is 4.31. The molecular weight excluding hydrogens is 484 g/mol. The molecule has 0 radical (unpaired) electrons. The minimum absolute atomic E-state index is 0.327. The number of nitrogens with one attached hydrogen (secondary N) is 1. The minimum Gasteiger partial charge on any atom is -0.493 e. The molecule has 0 fully saturated rings. The van der Waals surface area contributed by atoms with Crippen molar-refractivity contribution < 1.29 is 4.74 Å². The Morgan fingerprint density at radius 2 is 2.24 bits per heavy atom. The highest BCUT2D eigenvalue weighted by molar-refractivity contribution is 14.1. The van der Waals surface area contributed by atoms with Crippen molar-refractivity contribution in [2.45, 2.75) is 25.3 Å². The molecule has 1 aliphatic rings. The summed E-state index contributed by atoms with van der Waals surface area (Å²) in [5.74, 6) is 0.802. The smallest absolute Gasteiger partial charge is 0.156 e. The van der Waals surface area contributed by atoms with Gasteiger partial charge in [-0.2, -0.15) is 0 Å². The Morgan fingerprint density at radius 1 is 1.43 bits per heavy atom. The number of benzene rings is 1. The number of rotatable bonds is 3. The van der Waals surface area contributed by atoms with Crippen LogP contribution in [-0.4, -0.2) is 7.11 Å². The van der Waals surface area contributed by atoms with Gasteiger partial charge in [0.25, 0.3) is 0 Å². The second-order valence-corrected chi connectivity index (χ2v) is 9.31. The Balaban J connectivity index is 1.94. The van der Waals surface area contributed by atoms with Gasteiger partial charge < -0.3 is 10.1 Å². The number of aryl methyl sites for hydroxylation is 1. The Labute approximate surface area is 155 Å². The normalized spacial score (nSPS) is 17.4. The fourth-order valence-corrected chi connectivity index (χ4v) is 5.83. The average molecular weight is 499 g/mol. The highest BCUT2D eigenvalue weighted by Gasteiger charge is 2.24. The molecule has 1 unspecified atom stereocenters. The van der Waals surface area contributed by atoms with E-state index in [1.54, 1.807) is 7.11 Å². The van der Waals surface area contributed by atoms with E-state index in [2.05, 4.69) is 49.9 Å². The molecule has 21 heavy (non-hydrogen) atoms. The Bertz CT molecular complexity index is 676. The van der Waals surface area contributed by atoms with Gasteiger partial charge in [-0.15, -0.1) is 11.3 Å². The second kappa shape index (κ2) is 6.64. The van der Waals surface area contributed by atoms with Gasteiger partial charge in [0, 0.05) is 9.90 Å². The molecule has 1 N–H and O–H groups in total. The first-order chi connectivity index (χ1) is 10.1.